The normalized spacial score (nSPS) is 13.0. The maximum atomic E-state index is 12.3. The Bertz CT molecular complexity index is 616. The fraction of sp³-hybridized carbons (Fsp3) is 0.200. The number of benzene rings is 2. The van der Waals surface area contributed by atoms with Crippen LogP contribution in [-0.4, -0.2) is 13.4 Å². The van der Waals surface area contributed by atoms with Gasteiger partial charge in [0.2, 0.25) is 0 Å². The fourth-order valence-electron chi connectivity index (χ4n) is 2.10. The number of hydrogen-bond acceptors (Lipinski definition) is 2. The molecule has 0 amide bonds. The minimum Gasteiger partial charge on any atom is -0.406 e. The van der Waals surface area contributed by atoms with Crippen molar-refractivity contribution in [2.24, 2.45) is 0 Å². The molecule has 0 bridgehead atoms. The quantitative estimate of drug-likeness (QED) is 0.754. The molecular weight excluding hydrogens is 394 g/mol. The summed E-state index contributed by atoms with van der Waals surface area (Å²) in [5, 5.41) is 3.12. The van der Waals surface area contributed by atoms with E-state index in [1.165, 1.54) is 12.1 Å². The van der Waals surface area contributed by atoms with E-state index in [0.717, 1.165) is 9.13 Å². The molecule has 2 aromatic carbocycles. The van der Waals surface area contributed by atoms with Gasteiger partial charge in [-0.15, -0.1) is 13.2 Å². The summed E-state index contributed by atoms with van der Waals surface area (Å²) < 4.78 is 41.9. The van der Waals surface area contributed by atoms with Gasteiger partial charge in [-0.25, -0.2) is 0 Å². The van der Waals surface area contributed by atoms with Gasteiger partial charge in [-0.2, -0.15) is 0 Å². The highest BCUT2D eigenvalue weighted by Crippen LogP contribution is 2.30. The van der Waals surface area contributed by atoms with Crippen LogP contribution >= 0.6 is 22.6 Å². The maximum Gasteiger partial charge on any atom is 0.573 e. The van der Waals surface area contributed by atoms with Crippen LogP contribution in [0.5, 0.6) is 5.75 Å². The van der Waals surface area contributed by atoms with Crippen LogP contribution in [-0.2, 0) is 0 Å². The third-order valence-electron chi connectivity index (χ3n) is 2.93. The minimum atomic E-state index is -4.69. The van der Waals surface area contributed by atoms with Crippen molar-refractivity contribution in [2.75, 3.05) is 7.05 Å². The first kappa shape index (κ1) is 16.1. The van der Waals surface area contributed by atoms with Crippen LogP contribution in [0, 0.1) is 3.57 Å². The van der Waals surface area contributed by atoms with Gasteiger partial charge in [-0.05, 0) is 59.0 Å². The second-order valence-electron chi connectivity index (χ2n) is 4.36. The Morgan fingerprint density at radius 2 is 1.81 bits per heavy atom. The summed E-state index contributed by atoms with van der Waals surface area (Å²) in [4.78, 5) is 0. The molecule has 0 heterocycles. The van der Waals surface area contributed by atoms with E-state index in [4.69, 9.17) is 0 Å². The first-order valence-corrected chi connectivity index (χ1v) is 7.26. The van der Waals surface area contributed by atoms with Gasteiger partial charge < -0.3 is 10.1 Å². The average Bonchev–Trinajstić information content (AvgIpc) is 2.40. The summed E-state index contributed by atoms with van der Waals surface area (Å²) in [5.74, 6) is -0.216. The minimum absolute atomic E-state index is 0.199. The van der Waals surface area contributed by atoms with Crippen molar-refractivity contribution < 1.29 is 17.9 Å². The van der Waals surface area contributed by atoms with Crippen LogP contribution in [0.4, 0.5) is 13.2 Å². The van der Waals surface area contributed by atoms with Crippen LogP contribution in [0.25, 0.3) is 0 Å². The predicted octanol–water partition coefficient (Wildman–Crippen LogP) is 4.50. The van der Waals surface area contributed by atoms with Gasteiger partial charge in [0.1, 0.15) is 5.75 Å². The van der Waals surface area contributed by atoms with E-state index < -0.39 is 6.36 Å². The molecule has 0 radical (unpaired) electrons. The van der Waals surface area contributed by atoms with Crippen LogP contribution in [0.15, 0.2) is 48.5 Å². The highest BCUT2D eigenvalue weighted by atomic mass is 127. The molecule has 2 rings (SSSR count). The van der Waals surface area contributed by atoms with Crippen molar-refractivity contribution in [3.63, 3.8) is 0 Å². The molecule has 0 spiro atoms. The molecule has 0 aliphatic rings. The summed E-state index contributed by atoms with van der Waals surface area (Å²) in [6.07, 6.45) is -4.69. The zero-order valence-corrected chi connectivity index (χ0v) is 13.3. The smallest absolute Gasteiger partial charge is 0.406 e. The van der Waals surface area contributed by atoms with Crippen molar-refractivity contribution in [1.29, 1.82) is 0 Å². The standard InChI is InChI=1S/C15H13F3INO/c1-20-14(12-7-2-3-8-13(12)19)10-5-4-6-11(9-10)21-15(16,17)18/h2-9,14,20H,1H3. The monoisotopic (exact) mass is 407 g/mol. The molecule has 0 saturated carbocycles. The topological polar surface area (TPSA) is 21.3 Å². The highest BCUT2D eigenvalue weighted by Gasteiger charge is 2.31. The second-order valence-corrected chi connectivity index (χ2v) is 5.53. The zero-order chi connectivity index (χ0) is 15.5. The molecule has 1 N–H and O–H groups in total. The lowest BCUT2D eigenvalue weighted by molar-refractivity contribution is -0.274. The zero-order valence-electron chi connectivity index (χ0n) is 11.1. The maximum absolute atomic E-state index is 12.3. The summed E-state index contributed by atoms with van der Waals surface area (Å²) in [6, 6.07) is 13.5. The van der Waals surface area contributed by atoms with Gasteiger partial charge in [0.15, 0.2) is 0 Å². The fourth-order valence-corrected chi connectivity index (χ4v) is 2.80. The lowest BCUT2D eigenvalue weighted by Crippen LogP contribution is -2.20. The number of alkyl halides is 3. The van der Waals surface area contributed by atoms with E-state index in [1.807, 2.05) is 24.3 Å². The number of hydrogen-bond donors (Lipinski definition) is 1. The van der Waals surface area contributed by atoms with E-state index in [0.29, 0.717) is 5.56 Å². The van der Waals surface area contributed by atoms with Gasteiger partial charge in [-0.3, -0.25) is 0 Å². The van der Waals surface area contributed by atoms with Gasteiger partial charge in [-0.1, -0.05) is 30.3 Å². The van der Waals surface area contributed by atoms with Gasteiger partial charge in [0.05, 0.1) is 6.04 Å². The molecule has 21 heavy (non-hydrogen) atoms. The van der Waals surface area contributed by atoms with Crippen molar-refractivity contribution in [2.45, 2.75) is 12.4 Å². The second kappa shape index (κ2) is 6.65. The van der Waals surface area contributed by atoms with E-state index in [9.17, 15) is 13.2 Å². The first-order chi connectivity index (χ1) is 9.90. The lowest BCUT2D eigenvalue weighted by Gasteiger charge is -2.19. The molecule has 0 aromatic heterocycles. The molecule has 6 heteroatoms. The first-order valence-electron chi connectivity index (χ1n) is 6.18. The largest absolute Gasteiger partial charge is 0.573 e. The van der Waals surface area contributed by atoms with E-state index in [-0.39, 0.29) is 11.8 Å². The molecule has 2 aromatic rings. The number of nitrogens with one attached hydrogen (secondary N) is 1. The number of rotatable bonds is 4. The summed E-state index contributed by atoms with van der Waals surface area (Å²) in [5.41, 5.74) is 1.72. The third-order valence-corrected chi connectivity index (χ3v) is 3.91. The molecule has 0 aliphatic heterocycles. The highest BCUT2D eigenvalue weighted by molar-refractivity contribution is 14.1. The van der Waals surface area contributed by atoms with Crippen molar-refractivity contribution in [1.82, 2.24) is 5.32 Å². The molecule has 1 atom stereocenters. The number of halogens is 4. The van der Waals surface area contributed by atoms with Crippen molar-refractivity contribution in [3.8, 4) is 5.75 Å². The van der Waals surface area contributed by atoms with E-state index >= 15 is 0 Å². The Labute approximate surface area is 134 Å². The molecule has 112 valence electrons. The lowest BCUT2D eigenvalue weighted by atomic mass is 9.99. The molecule has 1 unspecified atom stereocenters. The van der Waals surface area contributed by atoms with E-state index in [1.54, 1.807) is 19.2 Å². The molecule has 0 fully saturated rings. The predicted molar refractivity (Wildman–Crippen MR) is 83.2 cm³/mol. The third kappa shape index (κ3) is 4.34. The van der Waals surface area contributed by atoms with Gasteiger partial charge in [0.25, 0.3) is 0 Å². The van der Waals surface area contributed by atoms with Crippen LogP contribution in [0.2, 0.25) is 0 Å². The van der Waals surface area contributed by atoms with Crippen molar-refractivity contribution >= 4 is 22.6 Å². The van der Waals surface area contributed by atoms with Crippen LogP contribution < -0.4 is 10.1 Å². The molecular formula is C15H13F3INO. The van der Waals surface area contributed by atoms with Crippen LogP contribution in [0.3, 0.4) is 0 Å². The van der Waals surface area contributed by atoms with Gasteiger partial charge in [0, 0.05) is 3.57 Å². The Morgan fingerprint density at radius 1 is 1.10 bits per heavy atom. The Morgan fingerprint density at radius 3 is 2.43 bits per heavy atom. The molecule has 0 saturated heterocycles. The average molecular weight is 407 g/mol. The molecule has 0 aliphatic carbocycles. The number of ether oxygens (including phenoxy) is 1. The summed E-state index contributed by atoms with van der Waals surface area (Å²) >= 11 is 2.21. The Kier molecular flexibility index (Phi) is 5.10. The van der Waals surface area contributed by atoms with Crippen LogP contribution in [0.1, 0.15) is 17.2 Å². The molecule has 2 nitrogen and oxygen atoms in total. The summed E-state index contributed by atoms with van der Waals surface area (Å²) in [7, 11) is 1.77. The summed E-state index contributed by atoms with van der Waals surface area (Å²) in [6.45, 7) is 0. The van der Waals surface area contributed by atoms with Crippen molar-refractivity contribution in [3.05, 3.63) is 63.2 Å². The Hall–Kier alpha value is -1.28. The SMILES string of the molecule is CNC(c1cccc(OC(F)(F)F)c1)c1ccccc1I. The Balaban J connectivity index is 2.35. The van der Waals surface area contributed by atoms with Gasteiger partial charge >= 0.3 is 6.36 Å². The van der Waals surface area contributed by atoms with E-state index in [2.05, 4.69) is 32.6 Å².